The lowest BCUT2D eigenvalue weighted by Crippen LogP contribution is -2.49. The number of methoxy groups -OCH3 is 1. The molecule has 162 valence electrons. The molecular formula is C23H32N4O3. The van der Waals surface area contributed by atoms with E-state index in [0.717, 1.165) is 50.5 Å². The van der Waals surface area contributed by atoms with Crippen LogP contribution in [0.25, 0.3) is 0 Å². The average Bonchev–Trinajstić information content (AvgIpc) is 3.50. The molecular weight excluding hydrogens is 380 g/mol. The van der Waals surface area contributed by atoms with Crippen molar-refractivity contribution in [1.82, 2.24) is 15.5 Å². The summed E-state index contributed by atoms with van der Waals surface area (Å²) in [4.78, 5) is 17.3. The van der Waals surface area contributed by atoms with Gasteiger partial charge in [0.25, 0.3) is 0 Å². The van der Waals surface area contributed by atoms with Gasteiger partial charge in [-0.15, -0.1) is 0 Å². The Morgan fingerprint density at radius 1 is 1.13 bits per heavy atom. The van der Waals surface area contributed by atoms with Crippen molar-refractivity contribution in [3.63, 3.8) is 0 Å². The van der Waals surface area contributed by atoms with E-state index in [-0.39, 0.29) is 18.1 Å². The maximum atomic E-state index is 12.5. The Morgan fingerprint density at radius 2 is 1.87 bits per heavy atom. The number of urea groups is 1. The molecule has 7 heteroatoms. The summed E-state index contributed by atoms with van der Waals surface area (Å²) in [6, 6.07) is 12.3. The van der Waals surface area contributed by atoms with Gasteiger partial charge in [-0.05, 0) is 75.2 Å². The highest BCUT2D eigenvalue weighted by molar-refractivity contribution is 5.74. The Bertz CT molecular complexity index is 779. The van der Waals surface area contributed by atoms with E-state index in [1.807, 2.05) is 24.3 Å². The van der Waals surface area contributed by atoms with Crippen molar-refractivity contribution in [3.8, 4) is 5.75 Å². The smallest absolute Gasteiger partial charge is 0.315 e. The van der Waals surface area contributed by atoms with Gasteiger partial charge in [0.05, 0.1) is 19.4 Å². The molecule has 0 saturated carbocycles. The number of likely N-dealkylation sites (tertiary alicyclic amines) is 1. The molecule has 2 N–H and O–H groups in total. The number of benzene rings is 1. The lowest BCUT2D eigenvalue weighted by molar-refractivity contribution is 0.201. The van der Waals surface area contributed by atoms with Gasteiger partial charge in [-0.1, -0.05) is 0 Å². The van der Waals surface area contributed by atoms with Crippen LogP contribution in [0.2, 0.25) is 0 Å². The van der Waals surface area contributed by atoms with E-state index in [1.165, 1.54) is 18.5 Å². The summed E-state index contributed by atoms with van der Waals surface area (Å²) in [5.74, 6) is 1.79. The maximum absolute atomic E-state index is 12.5. The van der Waals surface area contributed by atoms with Gasteiger partial charge in [0.15, 0.2) is 0 Å². The van der Waals surface area contributed by atoms with E-state index >= 15 is 0 Å². The van der Waals surface area contributed by atoms with Crippen molar-refractivity contribution in [2.45, 2.75) is 37.8 Å². The van der Waals surface area contributed by atoms with Crippen LogP contribution in [0.15, 0.2) is 47.1 Å². The molecule has 2 amide bonds. The third-order valence-electron chi connectivity index (χ3n) is 6.18. The second-order valence-corrected chi connectivity index (χ2v) is 8.09. The molecule has 2 aliphatic rings. The summed E-state index contributed by atoms with van der Waals surface area (Å²) in [5, 5.41) is 6.23. The molecule has 0 bridgehead atoms. The highest BCUT2D eigenvalue weighted by Crippen LogP contribution is 2.25. The monoisotopic (exact) mass is 412 g/mol. The molecule has 2 aliphatic heterocycles. The number of furan rings is 1. The Hall–Kier alpha value is -2.67. The van der Waals surface area contributed by atoms with Gasteiger partial charge in [-0.3, -0.25) is 4.90 Å². The molecule has 3 heterocycles. The van der Waals surface area contributed by atoms with E-state index < -0.39 is 0 Å². The molecule has 0 aliphatic carbocycles. The Labute approximate surface area is 178 Å². The minimum Gasteiger partial charge on any atom is -0.497 e. The topological polar surface area (TPSA) is 70.0 Å². The van der Waals surface area contributed by atoms with E-state index in [0.29, 0.717) is 6.54 Å². The zero-order chi connectivity index (χ0) is 20.8. The Kier molecular flexibility index (Phi) is 6.79. The molecule has 7 nitrogen and oxygen atoms in total. The minimum absolute atomic E-state index is 0.0892. The van der Waals surface area contributed by atoms with Gasteiger partial charge in [-0.25, -0.2) is 4.79 Å². The first-order valence-electron chi connectivity index (χ1n) is 10.9. The van der Waals surface area contributed by atoms with E-state index in [4.69, 9.17) is 9.15 Å². The van der Waals surface area contributed by atoms with E-state index in [9.17, 15) is 4.79 Å². The van der Waals surface area contributed by atoms with Crippen LogP contribution in [-0.4, -0.2) is 56.8 Å². The Balaban J connectivity index is 1.23. The van der Waals surface area contributed by atoms with Gasteiger partial charge in [0.1, 0.15) is 11.5 Å². The first kappa shape index (κ1) is 20.6. The fraction of sp³-hybridized carbons (Fsp3) is 0.522. The van der Waals surface area contributed by atoms with Gasteiger partial charge in [-0.2, -0.15) is 0 Å². The number of carbonyl (C=O) groups is 1. The molecule has 0 spiro atoms. The molecule has 2 saturated heterocycles. The summed E-state index contributed by atoms with van der Waals surface area (Å²) in [5.41, 5.74) is 1.20. The molecule has 1 aromatic heterocycles. The van der Waals surface area contributed by atoms with Gasteiger partial charge in [0, 0.05) is 31.4 Å². The van der Waals surface area contributed by atoms with Crippen LogP contribution in [0.5, 0.6) is 5.75 Å². The first-order valence-corrected chi connectivity index (χ1v) is 10.9. The van der Waals surface area contributed by atoms with Crippen molar-refractivity contribution in [3.05, 3.63) is 48.4 Å². The lowest BCUT2D eigenvalue weighted by atomic mass is 10.0. The zero-order valence-electron chi connectivity index (χ0n) is 17.7. The highest BCUT2D eigenvalue weighted by atomic mass is 16.5. The second-order valence-electron chi connectivity index (χ2n) is 8.09. The molecule has 0 radical (unpaired) electrons. The van der Waals surface area contributed by atoms with Crippen molar-refractivity contribution >= 4 is 11.7 Å². The third-order valence-corrected chi connectivity index (χ3v) is 6.18. The number of piperidine rings is 1. The zero-order valence-corrected chi connectivity index (χ0v) is 17.7. The van der Waals surface area contributed by atoms with E-state index in [1.54, 1.807) is 13.4 Å². The predicted octanol–water partition coefficient (Wildman–Crippen LogP) is 3.39. The molecule has 1 aromatic carbocycles. The molecule has 2 aromatic rings. The number of hydrogen-bond donors (Lipinski definition) is 2. The fourth-order valence-electron chi connectivity index (χ4n) is 4.44. The van der Waals surface area contributed by atoms with Gasteiger partial charge >= 0.3 is 6.03 Å². The number of carbonyl (C=O) groups excluding carboxylic acids is 1. The summed E-state index contributed by atoms with van der Waals surface area (Å²) in [6.07, 6.45) is 5.99. The first-order chi connectivity index (χ1) is 14.7. The average molecular weight is 413 g/mol. The lowest BCUT2D eigenvalue weighted by Gasteiger charge is -2.34. The third kappa shape index (κ3) is 5.08. The summed E-state index contributed by atoms with van der Waals surface area (Å²) in [7, 11) is 1.68. The van der Waals surface area contributed by atoms with Crippen molar-refractivity contribution in [1.29, 1.82) is 0 Å². The standard InChI is InChI=1S/C23H32N4O3/c1-29-20-8-6-19(7-9-20)26-14-10-18(11-15-26)25-23(28)24-17-21(22-5-4-16-30-22)27-12-2-3-13-27/h4-9,16,18,21H,2-3,10-15,17H2,1H3,(H2,24,25,28). The predicted molar refractivity (Wildman–Crippen MR) is 117 cm³/mol. The minimum atomic E-state index is -0.0892. The second kappa shape index (κ2) is 9.89. The van der Waals surface area contributed by atoms with Crippen LogP contribution < -0.4 is 20.3 Å². The number of ether oxygens (including phenoxy) is 1. The number of hydrogen-bond acceptors (Lipinski definition) is 5. The van der Waals surface area contributed by atoms with Crippen LogP contribution in [-0.2, 0) is 0 Å². The fourth-order valence-corrected chi connectivity index (χ4v) is 4.44. The van der Waals surface area contributed by atoms with Crippen molar-refractivity contribution in [2.24, 2.45) is 0 Å². The SMILES string of the molecule is COc1ccc(N2CCC(NC(=O)NCC(c3ccco3)N3CCCC3)CC2)cc1. The van der Waals surface area contributed by atoms with Crippen LogP contribution >= 0.6 is 0 Å². The molecule has 1 atom stereocenters. The quantitative estimate of drug-likeness (QED) is 0.730. The number of nitrogens with one attached hydrogen (secondary N) is 2. The number of rotatable bonds is 7. The number of anilines is 1. The van der Waals surface area contributed by atoms with Crippen LogP contribution in [0.3, 0.4) is 0 Å². The van der Waals surface area contributed by atoms with Gasteiger partial charge in [0.2, 0.25) is 0 Å². The van der Waals surface area contributed by atoms with Crippen molar-refractivity contribution < 1.29 is 13.9 Å². The number of nitrogens with zero attached hydrogens (tertiary/aromatic N) is 2. The molecule has 2 fully saturated rings. The number of amides is 2. The summed E-state index contributed by atoms with van der Waals surface area (Å²) < 4.78 is 10.9. The van der Waals surface area contributed by atoms with Crippen LogP contribution in [0.4, 0.5) is 10.5 Å². The highest BCUT2D eigenvalue weighted by Gasteiger charge is 2.27. The largest absolute Gasteiger partial charge is 0.497 e. The molecule has 4 rings (SSSR count). The van der Waals surface area contributed by atoms with Gasteiger partial charge < -0.3 is 24.7 Å². The molecule has 30 heavy (non-hydrogen) atoms. The van der Waals surface area contributed by atoms with E-state index in [2.05, 4.69) is 32.6 Å². The normalized spacial score (nSPS) is 18.9. The van der Waals surface area contributed by atoms with Crippen LogP contribution in [0, 0.1) is 0 Å². The molecule has 1 unspecified atom stereocenters. The maximum Gasteiger partial charge on any atom is 0.315 e. The summed E-state index contributed by atoms with van der Waals surface area (Å²) >= 11 is 0. The Morgan fingerprint density at radius 3 is 2.50 bits per heavy atom. The van der Waals surface area contributed by atoms with Crippen LogP contribution in [0.1, 0.15) is 37.5 Å². The van der Waals surface area contributed by atoms with Crippen molar-refractivity contribution in [2.75, 3.05) is 44.7 Å². The summed E-state index contributed by atoms with van der Waals surface area (Å²) in [6.45, 7) is 4.53.